The van der Waals surface area contributed by atoms with Gasteiger partial charge in [-0.25, -0.2) is 0 Å². The van der Waals surface area contributed by atoms with E-state index >= 15 is 0 Å². The monoisotopic (exact) mass is 369 g/mol. The van der Waals surface area contributed by atoms with Gasteiger partial charge in [-0.05, 0) is 49.2 Å². The molecule has 0 spiro atoms. The van der Waals surface area contributed by atoms with Crippen molar-refractivity contribution in [3.8, 4) is 17.1 Å². The standard InChI is InChI=1S/C20H20ClN3O2/c1-25-17-9-7-14(8-10-17)18-6-3-11-24(18)13-19-22-20(23-26-19)15-4-2-5-16(21)12-15/h2,4-5,7-10,12,18H,3,6,11,13H2,1H3/t18-/m1/s1. The lowest BCUT2D eigenvalue weighted by molar-refractivity contribution is 0.212. The van der Waals surface area contributed by atoms with Crippen molar-refractivity contribution in [2.45, 2.75) is 25.4 Å². The fourth-order valence-electron chi connectivity index (χ4n) is 3.46. The van der Waals surface area contributed by atoms with Gasteiger partial charge in [0.05, 0.1) is 13.7 Å². The number of likely N-dealkylation sites (tertiary alicyclic amines) is 1. The molecule has 0 aliphatic carbocycles. The highest BCUT2D eigenvalue weighted by atomic mass is 35.5. The van der Waals surface area contributed by atoms with Crippen molar-refractivity contribution in [3.05, 3.63) is 65.0 Å². The largest absolute Gasteiger partial charge is 0.497 e. The van der Waals surface area contributed by atoms with Gasteiger partial charge in [-0.1, -0.05) is 41.0 Å². The maximum absolute atomic E-state index is 6.04. The van der Waals surface area contributed by atoms with Crippen LogP contribution in [-0.4, -0.2) is 28.7 Å². The Morgan fingerprint density at radius 2 is 2.08 bits per heavy atom. The van der Waals surface area contributed by atoms with Gasteiger partial charge < -0.3 is 9.26 Å². The number of aromatic nitrogens is 2. The Balaban J connectivity index is 1.49. The summed E-state index contributed by atoms with van der Waals surface area (Å²) in [6, 6.07) is 16.1. The van der Waals surface area contributed by atoms with Crippen LogP contribution in [0.5, 0.6) is 5.75 Å². The fraction of sp³-hybridized carbons (Fsp3) is 0.300. The van der Waals surface area contributed by atoms with Crippen LogP contribution in [0.3, 0.4) is 0 Å². The van der Waals surface area contributed by atoms with Crippen molar-refractivity contribution in [2.75, 3.05) is 13.7 Å². The Labute approximate surface area is 157 Å². The Kier molecular flexibility index (Phi) is 4.91. The van der Waals surface area contributed by atoms with Crippen LogP contribution >= 0.6 is 11.6 Å². The molecule has 2 aromatic carbocycles. The molecule has 1 aliphatic heterocycles. The number of rotatable bonds is 5. The van der Waals surface area contributed by atoms with Crippen LogP contribution in [0.25, 0.3) is 11.4 Å². The number of methoxy groups -OCH3 is 1. The van der Waals surface area contributed by atoms with Crippen molar-refractivity contribution in [1.82, 2.24) is 15.0 Å². The Morgan fingerprint density at radius 3 is 2.85 bits per heavy atom. The summed E-state index contributed by atoms with van der Waals surface area (Å²) in [5, 5.41) is 4.76. The third-order valence-corrected chi connectivity index (χ3v) is 4.99. The molecule has 134 valence electrons. The molecule has 0 bridgehead atoms. The second-order valence-corrected chi connectivity index (χ2v) is 6.86. The molecular formula is C20H20ClN3O2. The normalized spacial score (nSPS) is 17.5. The SMILES string of the molecule is COc1ccc([C@H]2CCCN2Cc2nc(-c3cccc(Cl)c3)no2)cc1. The van der Waals surface area contributed by atoms with Crippen molar-refractivity contribution in [3.63, 3.8) is 0 Å². The molecule has 1 aliphatic rings. The van der Waals surface area contributed by atoms with E-state index in [-0.39, 0.29) is 0 Å². The van der Waals surface area contributed by atoms with Gasteiger partial charge in [0.2, 0.25) is 11.7 Å². The molecule has 0 saturated carbocycles. The molecule has 0 amide bonds. The van der Waals surface area contributed by atoms with E-state index in [9.17, 15) is 0 Å². The average Bonchev–Trinajstić information content (AvgIpc) is 3.32. The highest BCUT2D eigenvalue weighted by Crippen LogP contribution is 2.34. The van der Waals surface area contributed by atoms with Gasteiger partial charge in [-0.15, -0.1) is 0 Å². The molecule has 1 fully saturated rings. The maximum Gasteiger partial charge on any atom is 0.241 e. The fourth-order valence-corrected chi connectivity index (χ4v) is 3.65. The summed E-state index contributed by atoms with van der Waals surface area (Å²) >= 11 is 6.04. The summed E-state index contributed by atoms with van der Waals surface area (Å²) in [6.45, 7) is 1.66. The van der Waals surface area contributed by atoms with E-state index in [4.69, 9.17) is 20.9 Å². The number of ether oxygens (including phenoxy) is 1. The Hall–Kier alpha value is -2.37. The van der Waals surface area contributed by atoms with Crippen LogP contribution in [0.1, 0.15) is 30.3 Å². The second-order valence-electron chi connectivity index (χ2n) is 6.42. The van der Waals surface area contributed by atoms with Gasteiger partial charge in [-0.3, -0.25) is 4.90 Å². The first-order chi connectivity index (χ1) is 12.7. The van der Waals surface area contributed by atoms with Crippen LogP contribution < -0.4 is 4.74 Å². The molecule has 1 atom stereocenters. The number of nitrogens with zero attached hydrogens (tertiary/aromatic N) is 3. The zero-order chi connectivity index (χ0) is 17.9. The lowest BCUT2D eigenvalue weighted by Crippen LogP contribution is -2.22. The Morgan fingerprint density at radius 1 is 1.23 bits per heavy atom. The van der Waals surface area contributed by atoms with E-state index < -0.39 is 0 Å². The van der Waals surface area contributed by atoms with Crippen molar-refractivity contribution in [1.29, 1.82) is 0 Å². The van der Waals surface area contributed by atoms with E-state index in [2.05, 4.69) is 27.2 Å². The lowest BCUT2D eigenvalue weighted by atomic mass is 10.0. The second kappa shape index (κ2) is 7.48. The quantitative estimate of drug-likeness (QED) is 0.650. The van der Waals surface area contributed by atoms with E-state index in [0.29, 0.717) is 29.3 Å². The van der Waals surface area contributed by atoms with E-state index in [1.807, 2.05) is 36.4 Å². The molecule has 3 aromatic rings. The van der Waals surface area contributed by atoms with Crippen LogP contribution in [0, 0.1) is 0 Å². The molecule has 5 nitrogen and oxygen atoms in total. The zero-order valence-electron chi connectivity index (χ0n) is 14.6. The minimum atomic E-state index is 0.363. The van der Waals surface area contributed by atoms with Gasteiger partial charge in [-0.2, -0.15) is 4.98 Å². The number of hydrogen-bond donors (Lipinski definition) is 0. The molecule has 0 unspecified atom stereocenters. The van der Waals surface area contributed by atoms with Gasteiger partial charge in [0, 0.05) is 16.6 Å². The van der Waals surface area contributed by atoms with Crippen molar-refractivity contribution < 1.29 is 9.26 Å². The topological polar surface area (TPSA) is 51.4 Å². The predicted octanol–water partition coefficient (Wildman–Crippen LogP) is 4.74. The van der Waals surface area contributed by atoms with Crippen LogP contribution in [0.4, 0.5) is 0 Å². The first-order valence-corrected chi connectivity index (χ1v) is 9.07. The first kappa shape index (κ1) is 17.1. The smallest absolute Gasteiger partial charge is 0.241 e. The number of benzene rings is 2. The molecule has 2 heterocycles. The lowest BCUT2D eigenvalue weighted by Gasteiger charge is -2.23. The molecule has 0 N–H and O–H groups in total. The van der Waals surface area contributed by atoms with Gasteiger partial charge in [0.1, 0.15) is 5.75 Å². The summed E-state index contributed by atoms with van der Waals surface area (Å²) in [5.74, 6) is 2.07. The third-order valence-electron chi connectivity index (χ3n) is 4.75. The molecule has 1 aromatic heterocycles. The average molecular weight is 370 g/mol. The van der Waals surface area contributed by atoms with E-state index in [0.717, 1.165) is 30.7 Å². The molecular weight excluding hydrogens is 350 g/mol. The summed E-state index contributed by atoms with van der Waals surface area (Å²) in [7, 11) is 1.68. The van der Waals surface area contributed by atoms with Crippen LogP contribution in [0.2, 0.25) is 5.02 Å². The molecule has 0 radical (unpaired) electrons. The van der Waals surface area contributed by atoms with Gasteiger partial charge in [0.25, 0.3) is 0 Å². The first-order valence-electron chi connectivity index (χ1n) is 8.69. The summed E-state index contributed by atoms with van der Waals surface area (Å²) in [5.41, 5.74) is 2.15. The number of hydrogen-bond acceptors (Lipinski definition) is 5. The highest BCUT2D eigenvalue weighted by Gasteiger charge is 2.27. The minimum absolute atomic E-state index is 0.363. The van der Waals surface area contributed by atoms with Crippen LogP contribution in [0.15, 0.2) is 53.1 Å². The summed E-state index contributed by atoms with van der Waals surface area (Å²) in [6.07, 6.45) is 2.29. The van der Waals surface area contributed by atoms with Gasteiger partial charge in [0.15, 0.2) is 0 Å². The summed E-state index contributed by atoms with van der Waals surface area (Å²) < 4.78 is 10.7. The maximum atomic E-state index is 6.04. The van der Waals surface area contributed by atoms with Crippen molar-refractivity contribution in [2.24, 2.45) is 0 Å². The van der Waals surface area contributed by atoms with E-state index in [1.165, 1.54) is 5.56 Å². The Bertz CT molecular complexity index is 879. The zero-order valence-corrected chi connectivity index (χ0v) is 15.3. The highest BCUT2D eigenvalue weighted by molar-refractivity contribution is 6.30. The molecule has 6 heteroatoms. The predicted molar refractivity (Wildman–Crippen MR) is 100 cm³/mol. The van der Waals surface area contributed by atoms with E-state index in [1.54, 1.807) is 7.11 Å². The minimum Gasteiger partial charge on any atom is -0.497 e. The molecule has 4 rings (SSSR count). The van der Waals surface area contributed by atoms with Crippen molar-refractivity contribution >= 4 is 11.6 Å². The third kappa shape index (κ3) is 3.59. The van der Waals surface area contributed by atoms with Gasteiger partial charge >= 0.3 is 0 Å². The summed E-state index contributed by atoms with van der Waals surface area (Å²) in [4.78, 5) is 6.93. The molecule has 26 heavy (non-hydrogen) atoms. The van der Waals surface area contributed by atoms with Crippen LogP contribution in [-0.2, 0) is 6.54 Å². The number of halogens is 1. The molecule has 1 saturated heterocycles.